The molecule has 0 aliphatic carbocycles. The third-order valence-electron chi connectivity index (χ3n) is 1.66. The minimum Gasteiger partial charge on any atom is -0.296 e. The van der Waals surface area contributed by atoms with E-state index in [0.29, 0.717) is 6.07 Å². The number of nitrogens with zero attached hydrogens (tertiary/aromatic N) is 1. The van der Waals surface area contributed by atoms with Gasteiger partial charge in [0.05, 0.1) is 5.56 Å². The summed E-state index contributed by atoms with van der Waals surface area (Å²) in [5.74, 6) is 0. The molecule has 8 heteroatoms. The molecule has 0 spiro atoms. The van der Waals surface area contributed by atoms with E-state index < -0.39 is 33.1 Å². The first-order valence-corrected chi connectivity index (χ1v) is 4.86. The summed E-state index contributed by atoms with van der Waals surface area (Å²) in [6, 6.07) is 0.447. The first-order chi connectivity index (χ1) is 7.27. The molecule has 0 aromatic carbocycles. The summed E-state index contributed by atoms with van der Waals surface area (Å²) in [5.41, 5.74) is -3.17. The Bertz CT molecular complexity index is 418. The molecule has 0 saturated heterocycles. The van der Waals surface area contributed by atoms with Crippen molar-refractivity contribution in [2.75, 3.05) is 0 Å². The van der Waals surface area contributed by atoms with Crippen molar-refractivity contribution in [2.45, 2.75) is 12.6 Å². The van der Waals surface area contributed by atoms with Gasteiger partial charge in [-0.3, -0.25) is 4.79 Å². The van der Waals surface area contributed by atoms with Gasteiger partial charge in [-0.05, 0) is 28.7 Å². The molecule has 0 radical (unpaired) electrons. The van der Waals surface area contributed by atoms with Crippen LogP contribution in [0.4, 0.5) is 22.0 Å². The van der Waals surface area contributed by atoms with Gasteiger partial charge in [0.2, 0.25) is 0 Å². The second kappa shape index (κ2) is 4.60. The molecule has 0 N–H and O–H groups in total. The molecule has 0 amide bonds. The highest BCUT2D eigenvalue weighted by atomic mass is 127. The van der Waals surface area contributed by atoms with Gasteiger partial charge in [0, 0.05) is 5.56 Å². The van der Waals surface area contributed by atoms with E-state index in [4.69, 9.17) is 0 Å². The molecule has 1 heterocycles. The molecule has 2 nitrogen and oxygen atoms in total. The number of aromatic nitrogens is 1. The van der Waals surface area contributed by atoms with Gasteiger partial charge in [-0.25, -0.2) is 13.8 Å². The number of alkyl halides is 5. The van der Waals surface area contributed by atoms with Crippen LogP contribution in [0.5, 0.6) is 0 Å². The van der Waals surface area contributed by atoms with Crippen molar-refractivity contribution >= 4 is 28.9 Å². The Labute approximate surface area is 100.0 Å². The largest absolute Gasteiger partial charge is 0.419 e. The van der Waals surface area contributed by atoms with E-state index in [2.05, 4.69) is 4.98 Å². The summed E-state index contributed by atoms with van der Waals surface area (Å²) in [6.07, 6.45) is -8.11. The molecule has 0 aliphatic rings. The topological polar surface area (TPSA) is 30.0 Å². The number of carbonyl (C=O) groups excluding carboxylic acids is 1. The molecule has 0 unspecified atom stereocenters. The second-order valence-corrected chi connectivity index (χ2v) is 3.74. The molecule has 16 heavy (non-hydrogen) atoms. The Morgan fingerprint density at radius 3 is 2.31 bits per heavy atom. The molecule has 0 fully saturated rings. The zero-order valence-corrected chi connectivity index (χ0v) is 9.51. The van der Waals surface area contributed by atoms with Crippen molar-refractivity contribution in [1.29, 1.82) is 0 Å². The lowest BCUT2D eigenvalue weighted by Crippen LogP contribution is -2.14. The van der Waals surface area contributed by atoms with E-state index in [1.54, 1.807) is 0 Å². The highest BCUT2D eigenvalue weighted by molar-refractivity contribution is 14.1. The van der Waals surface area contributed by atoms with Crippen LogP contribution in [0.1, 0.15) is 28.0 Å². The SMILES string of the molecule is O=Cc1cc(C(F)F)c(C(F)(F)F)c(I)n1. The zero-order chi connectivity index (χ0) is 12.5. The van der Waals surface area contributed by atoms with Gasteiger partial charge >= 0.3 is 6.18 Å². The van der Waals surface area contributed by atoms with Gasteiger partial charge in [0.15, 0.2) is 6.29 Å². The summed E-state index contributed by atoms with van der Waals surface area (Å²) in [5, 5.41) is 0. The van der Waals surface area contributed by atoms with Crippen LogP contribution in [0.3, 0.4) is 0 Å². The molecule has 1 rings (SSSR count). The second-order valence-electron chi connectivity index (χ2n) is 2.72. The van der Waals surface area contributed by atoms with Crippen LogP contribution in [0.25, 0.3) is 0 Å². The average molecular weight is 351 g/mol. The molecule has 88 valence electrons. The van der Waals surface area contributed by atoms with E-state index in [-0.39, 0.29) is 6.29 Å². The van der Waals surface area contributed by atoms with Gasteiger partial charge in [0.1, 0.15) is 9.39 Å². The minimum atomic E-state index is -4.92. The normalized spacial score (nSPS) is 11.9. The van der Waals surface area contributed by atoms with Crippen molar-refractivity contribution < 1.29 is 26.7 Å². The van der Waals surface area contributed by atoms with E-state index in [1.807, 2.05) is 0 Å². The predicted octanol–water partition coefficient (Wildman–Crippen LogP) is 3.46. The van der Waals surface area contributed by atoms with Gasteiger partial charge in [0.25, 0.3) is 6.43 Å². The smallest absolute Gasteiger partial charge is 0.296 e. The fourth-order valence-electron chi connectivity index (χ4n) is 1.07. The summed E-state index contributed by atoms with van der Waals surface area (Å²) in [6.45, 7) is 0. The van der Waals surface area contributed by atoms with Gasteiger partial charge in [-0.15, -0.1) is 0 Å². The first-order valence-electron chi connectivity index (χ1n) is 3.78. The predicted molar refractivity (Wildman–Crippen MR) is 52.3 cm³/mol. The van der Waals surface area contributed by atoms with Crippen LogP contribution in [0, 0.1) is 3.70 Å². The van der Waals surface area contributed by atoms with Crippen LogP contribution in [0.15, 0.2) is 6.07 Å². The van der Waals surface area contributed by atoms with E-state index in [1.165, 1.54) is 22.6 Å². The molecule has 1 aromatic rings. The minimum absolute atomic E-state index is 0.119. The molecular weight excluding hydrogens is 348 g/mol. The number of hydrogen-bond acceptors (Lipinski definition) is 2. The lowest BCUT2D eigenvalue weighted by molar-refractivity contribution is -0.140. The summed E-state index contributed by atoms with van der Waals surface area (Å²) >= 11 is 1.17. The van der Waals surface area contributed by atoms with Crippen molar-refractivity contribution in [3.05, 3.63) is 26.6 Å². The van der Waals surface area contributed by atoms with Gasteiger partial charge < -0.3 is 0 Å². The Morgan fingerprint density at radius 2 is 1.94 bits per heavy atom. The zero-order valence-electron chi connectivity index (χ0n) is 7.36. The Morgan fingerprint density at radius 1 is 1.38 bits per heavy atom. The molecule has 0 atom stereocenters. The van der Waals surface area contributed by atoms with E-state index in [0.717, 1.165) is 0 Å². The van der Waals surface area contributed by atoms with Crippen LogP contribution < -0.4 is 0 Å². The van der Waals surface area contributed by atoms with Crippen molar-refractivity contribution in [3.8, 4) is 0 Å². The fraction of sp³-hybridized carbons (Fsp3) is 0.250. The molecule has 0 saturated carbocycles. The van der Waals surface area contributed by atoms with Crippen molar-refractivity contribution in [2.24, 2.45) is 0 Å². The number of halogens is 6. The summed E-state index contributed by atoms with van der Waals surface area (Å²) in [7, 11) is 0. The van der Waals surface area contributed by atoms with Crippen LogP contribution in [-0.4, -0.2) is 11.3 Å². The van der Waals surface area contributed by atoms with Crippen molar-refractivity contribution in [3.63, 3.8) is 0 Å². The number of hydrogen-bond donors (Lipinski definition) is 0. The average Bonchev–Trinajstić information content (AvgIpc) is 2.14. The summed E-state index contributed by atoms with van der Waals surface area (Å²) in [4.78, 5) is 13.6. The highest BCUT2D eigenvalue weighted by Crippen LogP contribution is 2.38. The number of pyridine rings is 1. The molecule has 0 bridgehead atoms. The molecule has 1 aromatic heterocycles. The highest BCUT2D eigenvalue weighted by Gasteiger charge is 2.39. The molecular formula is C8H3F5INO. The Kier molecular flexibility index (Phi) is 3.81. The van der Waals surface area contributed by atoms with Gasteiger partial charge in [-0.2, -0.15) is 13.2 Å². The van der Waals surface area contributed by atoms with Crippen molar-refractivity contribution in [1.82, 2.24) is 4.98 Å². The van der Waals surface area contributed by atoms with Crippen LogP contribution >= 0.6 is 22.6 Å². The number of aldehydes is 1. The first kappa shape index (κ1) is 13.3. The van der Waals surface area contributed by atoms with E-state index in [9.17, 15) is 26.7 Å². The maximum Gasteiger partial charge on any atom is 0.419 e. The van der Waals surface area contributed by atoms with Crippen LogP contribution in [0.2, 0.25) is 0 Å². The standard InChI is InChI=1S/C8H3F5INO/c9-6(10)4-1-3(2-16)15-7(14)5(4)8(11,12)13/h1-2,6H. The maximum absolute atomic E-state index is 12.4. The number of carbonyl (C=O) groups is 1. The summed E-state index contributed by atoms with van der Waals surface area (Å²) < 4.78 is 61.5. The lowest BCUT2D eigenvalue weighted by Gasteiger charge is -2.13. The lowest BCUT2D eigenvalue weighted by atomic mass is 10.1. The number of rotatable bonds is 2. The fourth-order valence-corrected chi connectivity index (χ4v) is 1.96. The monoisotopic (exact) mass is 351 g/mol. The third kappa shape index (κ3) is 2.66. The maximum atomic E-state index is 12.4. The van der Waals surface area contributed by atoms with Crippen LogP contribution in [-0.2, 0) is 6.18 Å². The quantitative estimate of drug-likeness (QED) is 0.354. The Hall–Kier alpha value is -0.800. The Balaban J connectivity index is 3.52. The van der Waals surface area contributed by atoms with Gasteiger partial charge in [-0.1, -0.05) is 0 Å². The molecule has 0 aliphatic heterocycles. The third-order valence-corrected chi connectivity index (χ3v) is 2.45. The van der Waals surface area contributed by atoms with E-state index >= 15 is 0 Å².